The smallest absolute Gasteiger partial charge is 0.446 e. The number of hydrogen-bond acceptors (Lipinski definition) is 22. The molecule has 1 heterocycles. The summed E-state index contributed by atoms with van der Waals surface area (Å²) in [5.41, 5.74) is 5.66. The van der Waals surface area contributed by atoms with Gasteiger partial charge in [0, 0.05) is 58.4 Å². The maximum Gasteiger partial charge on any atom is 0.446 e. The van der Waals surface area contributed by atoms with Gasteiger partial charge in [0.25, 0.3) is 0 Å². The summed E-state index contributed by atoms with van der Waals surface area (Å²) in [6.07, 6.45) is -9.47. The molecule has 612 valence electrons. The summed E-state index contributed by atoms with van der Waals surface area (Å²) >= 11 is 0. The summed E-state index contributed by atoms with van der Waals surface area (Å²) in [6, 6.07) is -7.42. The zero-order valence-corrected chi connectivity index (χ0v) is 62.0. The number of carboxylic acids is 6. The van der Waals surface area contributed by atoms with E-state index >= 15 is 0 Å². The lowest BCUT2D eigenvalue weighted by atomic mass is 9.96. The summed E-state index contributed by atoms with van der Waals surface area (Å²) in [5.74, 6) is -25.4. The number of rotatable bonds is 50. The van der Waals surface area contributed by atoms with E-state index < -0.39 is 291 Å². The van der Waals surface area contributed by atoms with Crippen molar-refractivity contribution in [3.63, 3.8) is 0 Å². The average molecular weight is 1590 g/mol. The molecule has 3 rings (SSSR count). The molecule has 13 amide bonds. The van der Waals surface area contributed by atoms with E-state index in [1.807, 2.05) is 0 Å². The SMILES string of the molecule is CCC(C)C(NC(=O)C(CCC(=O)O)NC(=O)C(CCC(=O)O)NC(=O)C(Cc1ccccc1)NC(=O)C(CC(=O)O)NC(=O)CNC(C)=O)C(=O)N1CCCC1C(=O)NC(CCC(=O)O)C(=O)NC(CCC(=O)O)C(=O)NC(Cc1ccc(OS(=O)(=O)O)cc1)C(=O)NC(CC(C)C)C(=O)NC(CCC(N)=O)C(=O)O. The maximum absolute atomic E-state index is 14.9. The normalized spacial score (nSPS) is 15.5. The van der Waals surface area contributed by atoms with E-state index in [9.17, 15) is 135 Å². The molecule has 2 aromatic rings. The number of carboxylic acid groups (broad SMARTS) is 6. The van der Waals surface area contributed by atoms with Gasteiger partial charge in [-0.2, -0.15) is 8.42 Å². The summed E-state index contributed by atoms with van der Waals surface area (Å²) < 4.78 is 36.5. The van der Waals surface area contributed by atoms with Gasteiger partial charge in [-0.05, 0) is 86.5 Å². The first-order valence-electron chi connectivity index (χ1n) is 34.9. The molecule has 0 spiro atoms. The predicted octanol–water partition coefficient (Wildman–Crippen LogP) is -4.00. The van der Waals surface area contributed by atoms with Crippen molar-refractivity contribution in [1.82, 2.24) is 63.4 Å². The van der Waals surface area contributed by atoms with E-state index in [4.69, 9.17) is 5.73 Å². The molecule has 0 bridgehead atoms. The van der Waals surface area contributed by atoms with Crippen molar-refractivity contribution in [3.8, 4) is 5.75 Å². The van der Waals surface area contributed by atoms with Crippen LogP contribution < -0.4 is 68.4 Å². The second-order valence-electron chi connectivity index (χ2n) is 26.4. The molecule has 42 nitrogen and oxygen atoms in total. The van der Waals surface area contributed by atoms with Crippen molar-refractivity contribution in [3.05, 3.63) is 65.7 Å². The van der Waals surface area contributed by atoms with Crippen LogP contribution in [0.15, 0.2) is 54.6 Å². The first-order valence-corrected chi connectivity index (χ1v) is 36.3. The zero-order valence-electron chi connectivity index (χ0n) is 61.2. The van der Waals surface area contributed by atoms with Crippen molar-refractivity contribution in [1.29, 1.82) is 0 Å². The fraction of sp³-hybridized carbons (Fsp3) is 0.544. The number of carbonyl (C=O) groups excluding carboxylic acids is 13. The van der Waals surface area contributed by atoms with Gasteiger partial charge in [-0.3, -0.25) is 90.9 Å². The van der Waals surface area contributed by atoms with Gasteiger partial charge in [-0.25, -0.2) is 4.79 Å². The minimum Gasteiger partial charge on any atom is -0.481 e. The molecule has 111 heavy (non-hydrogen) atoms. The van der Waals surface area contributed by atoms with Crippen molar-refractivity contribution in [2.45, 2.75) is 210 Å². The summed E-state index contributed by atoms with van der Waals surface area (Å²) in [5, 5.41) is 83.9. The predicted molar refractivity (Wildman–Crippen MR) is 380 cm³/mol. The number of carbonyl (C=O) groups is 19. The molecule has 1 fully saturated rings. The second kappa shape index (κ2) is 45.8. The third-order valence-electron chi connectivity index (χ3n) is 17.0. The lowest BCUT2D eigenvalue weighted by Gasteiger charge is -2.33. The molecule has 1 aliphatic rings. The summed E-state index contributed by atoms with van der Waals surface area (Å²) in [7, 11) is -5.04. The van der Waals surface area contributed by atoms with Crippen LogP contribution in [0.2, 0.25) is 0 Å². The lowest BCUT2D eigenvalue weighted by molar-refractivity contribution is -0.144. The summed E-state index contributed by atoms with van der Waals surface area (Å²) in [6.45, 7) is 6.51. The molecule has 43 heteroatoms. The van der Waals surface area contributed by atoms with E-state index in [1.54, 1.807) is 39.0 Å². The Morgan fingerprint density at radius 1 is 0.495 bits per heavy atom. The van der Waals surface area contributed by atoms with Gasteiger partial charge in [0.1, 0.15) is 72.2 Å². The number of likely N-dealkylation sites (tertiary alicyclic amines) is 1. The van der Waals surface area contributed by atoms with E-state index in [2.05, 4.69) is 62.7 Å². The van der Waals surface area contributed by atoms with Gasteiger partial charge < -0.3 is 104 Å². The molecule has 12 unspecified atom stereocenters. The Kier molecular flexibility index (Phi) is 38.5. The molecule has 0 aromatic heterocycles. The van der Waals surface area contributed by atoms with Crippen LogP contribution in [0.4, 0.5) is 0 Å². The fourth-order valence-corrected chi connectivity index (χ4v) is 11.5. The molecule has 0 aliphatic carbocycles. The van der Waals surface area contributed by atoms with Crippen molar-refractivity contribution in [2.24, 2.45) is 17.6 Å². The van der Waals surface area contributed by atoms with E-state index in [-0.39, 0.29) is 44.2 Å². The van der Waals surface area contributed by atoms with Crippen molar-refractivity contribution < 1.29 is 139 Å². The topological polar surface area (TPSA) is 671 Å². The highest BCUT2D eigenvalue weighted by Crippen LogP contribution is 2.24. The Balaban J connectivity index is 2.03. The lowest BCUT2D eigenvalue weighted by Crippen LogP contribution is -2.61. The van der Waals surface area contributed by atoms with Gasteiger partial charge in [0.2, 0.25) is 76.8 Å². The number of benzene rings is 2. The number of amides is 13. The van der Waals surface area contributed by atoms with Crippen LogP contribution in [0.25, 0.3) is 0 Å². The Morgan fingerprint density at radius 2 is 0.892 bits per heavy atom. The molecule has 1 aliphatic heterocycles. The highest BCUT2D eigenvalue weighted by molar-refractivity contribution is 7.81. The Morgan fingerprint density at radius 3 is 1.31 bits per heavy atom. The van der Waals surface area contributed by atoms with Crippen LogP contribution >= 0.6 is 0 Å². The van der Waals surface area contributed by atoms with Crippen molar-refractivity contribution in [2.75, 3.05) is 13.1 Å². The largest absolute Gasteiger partial charge is 0.481 e. The Bertz CT molecular complexity index is 3830. The molecule has 0 radical (unpaired) electrons. The van der Waals surface area contributed by atoms with Crippen molar-refractivity contribution >= 4 is 123 Å². The Hall–Kier alpha value is -11.9. The van der Waals surface area contributed by atoms with Gasteiger partial charge >= 0.3 is 46.2 Å². The fourth-order valence-electron chi connectivity index (χ4n) is 11.1. The molecule has 0 saturated carbocycles. The van der Waals surface area contributed by atoms with Crippen LogP contribution in [0.1, 0.15) is 142 Å². The van der Waals surface area contributed by atoms with Crippen LogP contribution in [0.3, 0.4) is 0 Å². The highest BCUT2D eigenvalue weighted by Gasteiger charge is 2.43. The number of nitrogens with two attached hydrogens (primary N) is 1. The van der Waals surface area contributed by atoms with Gasteiger partial charge in [-0.1, -0.05) is 76.6 Å². The highest BCUT2D eigenvalue weighted by atomic mass is 32.3. The molecule has 12 atom stereocenters. The Labute approximate surface area is 635 Å². The van der Waals surface area contributed by atoms with Crippen LogP contribution in [0, 0.1) is 11.8 Å². The number of hydrogen-bond donors (Lipinski definition) is 19. The molecular formula is C68H95N13O29S. The second-order valence-corrected chi connectivity index (χ2v) is 27.5. The first kappa shape index (κ1) is 93.3. The standard InChI is InChI=1S/C68H95N13O29S/c1-6-35(4)57(80-61(98)43(22-27-55(91)92)73-58(95)40(19-24-52(85)86)74-63(100)46(30-37-11-8-7-9-12-37)79-65(102)48(32-56(93)94)71-51(84)33-70-36(5)82)67(104)81-28-10-13-49(81)66(103)75-42(21-26-54(89)90)59(96)72-41(20-25-53(87)88)60(97)78-47(31-38-14-16-39(17-15-38)110-111(107,108)109)64(101)77-45(29-34(2)3)62(99)76-44(68(105)106)18-23-50(69)83/h7-9,11-12,14-17,34-35,40-49,57H,6,10,13,18-33H2,1-5H3,(H2,69,83)(H,70,82)(H,71,84)(H,72,96)(H,73,95)(H,74,100)(H,75,103)(H,76,99)(H,77,101)(H,78,97)(H,79,102)(H,80,98)(H,85,86)(H,87,88)(H,89,90)(H,91,92)(H,93,94)(H,105,106)(H,107,108,109). The van der Waals surface area contributed by atoms with Crippen LogP contribution in [-0.4, -0.2) is 241 Å². The monoisotopic (exact) mass is 1590 g/mol. The summed E-state index contributed by atoms with van der Waals surface area (Å²) in [4.78, 5) is 252. The van der Waals surface area contributed by atoms with Gasteiger partial charge in [0.05, 0.1) is 13.0 Å². The maximum atomic E-state index is 14.9. The number of aliphatic carboxylic acids is 6. The zero-order chi connectivity index (χ0) is 83.6. The van der Waals surface area contributed by atoms with Gasteiger partial charge in [0.15, 0.2) is 0 Å². The minimum atomic E-state index is -5.04. The molecule has 1 saturated heterocycles. The minimum absolute atomic E-state index is 0.0738. The molecule has 2 aromatic carbocycles. The number of nitrogens with one attached hydrogen (secondary N) is 11. The van der Waals surface area contributed by atoms with Crippen LogP contribution in [0.5, 0.6) is 5.75 Å². The number of primary amides is 1. The first-order chi connectivity index (χ1) is 52.0. The van der Waals surface area contributed by atoms with E-state index in [0.717, 1.165) is 24.0 Å². The quantitative estimate of drug-likeness (QED) is 0.0281. The van der Waals surface area contributed by atoms with E-state index in [1.165, 1.54) is 31.2 Å². The third kappa shape index (κ3) is 34.9. The number of nitrogens with zero attached hydrogens (tertiary/aromatic N) is 1. The van der Waals surface area contributed by atoms with E-state index in [0.29, 0.717) is 5.56 Å². The third-order valence-corrected chi connectivity index (χ3v) is 17.4. The van der Waals surface area contributed by atoms with Gasteiger partial charge in [-0.15, -0.1) is 0 Å². The molecular weight excluding hydrogens is 1490 g/mol. The average Bonchev–Trinajstić information content (AvgIpc) is 1.73. The van der Waals surface area contributed by atoms with Crippen LogP contribution in [-0.2, 0) is 114 Å². The molecule has 20 N–H and O–H groups in total.